The molecule has 0 aliphatic heterocycles. The van der Waals surface area contributed by atoms with Gasteiger partial charge in [-0.05, 0) is 6.07 Å². The number of rotatable bonds is 2. The smallest absolute Gasteiger partial charge is 0.249 e. The van der Waals surface area contributed by atoms with E-state index in [0.717, 1.165) is 0 Å². The fraction of sp³-hybridized carbons (Fsp3) is 0. The molecular weight excluding hydrogens is 204 g/mol. The van der Waals surface area contributed by atoms with E-state index in [1.807, 2.05) is 0 Å². The first-order valence-electron chi connectivity index (χ1n) is 4.76. The molecule has 0 fully saturated rings. The van der Waals surface area contributed by atoms with Gasteiger partial charge < -0.3 is 10.7 Å². The number of primary amides is 1. The first kappa shape index (κ1) is 10.2. The predicted molar refractivity (Wildman–Crippen MR) is 61.0 cm³/mol. The molecule has 1 amide bonds. The molecule has 16 heavy (non-hydrogen) atoms. The van der Waals surface area contributed by atoms with Crippen LogP contribution in [0, 0.1) is 0 Å². The quantitative estimate of drug-likeness (QED) is 0.786. The summed E-state index contributed by atoms with van der Waals surface area (Å²) >= 11 is 0. The highest BCUT2D eigenvalue weighted by Gasteiger charge is 2.09. The number of H-pyrrole nitrogens is 1. The van der Waals surface area contributed by atoms with E-state index in [2.05, 4.69) is 4.98 Å². The van der Waals surface area contributed by atoms with Gasteiger partial charge in [-0.15, -0.1) is 0 Å². The zero-order valence-electron chi connectivity index (χ0n) is 8.44. The lowest BCUT2D eigenvalue weighted by atomic mass is 10.0. The van der Waals surface area contributed by atoms with Gasteiger partial charge in [-0.3, -0.25) is 9.59 Å². The van der Waals surface area contributed by atoms with Gasteiger partial charge in [0.2, 0.25) is 5.91 Å². The number of aromatic nitrogens is 1. The number of carbonyl (C=O) groups is 1. The Bertz CT molecular complexity index is 587. The molecule has 0 aliphatic carbocycles. The molecule has 2 aromatic rings. The van der Waals surface area contributed by atoms with Crippen molar-refractivity contribution >= 4 is 5.91 Å². The minimum Gasteiger partial charge on any atom is -0.366 e. The lowest BCUT2D eigenvalue weighted by molar-refractivity contribution is 0.100. The molecule has 0 bridgehead atoms. The third-order valence-corrected chi connectivity index (χ3v) is 2.26. The van der Waals surface area contributed by atoms with Gasteiger partial charge in [0.15, 0.2) is 5.43 Å². The lowest BCUT2D eigenvalue weighted by Crippen LogP contribution is -2.12. The fourth-order valence-corrected chi connectivity index (χ4v) is 1.53. The number of pyridine rings is 1. The van der Waals surface area contributed by atoms with Crippen molar-refractivity contribution in [1.29, 1.82) is 0 Å². The lowest BCUT2D eigenvalue weighted by Gasteiger charge is -2.05. The van der Waals surface area contributed by atoms with Crippen LogP contribution in [0.25, 0.3) is 11.3 Å². The molecule has 0 atom stereocenters. The molecule has 0 saturated heterocycles. The zero-order valence-corrected chi connectivity index (χ0v) is 8.44. The molecule has 4 heteroatoms. The van der Waals surface area contributed by atoms with Crippen molar-refractivity contribution in [1.82, 2.24) is 4.98 Å². The van der Waals surface area contributed by atoms with Crippen LogP contribution in [0.15, 0.2) is 47.4 Å². The Morgan fingerprint density at radius 3 is 2.62 bits per heavy atom. The van der Waals surface area contributed by atoms with Gasteiger partial charge >= 0.3 is 0 Å². The normalized spacial score (nSPS) is 10.0. The molecule has 0 aliphatic rings. The molecule has 2 rings (SSSR count). The van der Waals surface area contributed by atoms with Crippen LogP contribution in [-0.2, 0) is 0 Å². The molecule has 4 nitrogen and oxygen atoms in total. The van der Waals surface area contributed by atoms with Crippen molar-refractivity contribution in [2.24, 2.45) is 5.73 Å². The third-order valence-electron chi connectivity index (χ3n) is 2.26. The van der Waals surface area contributed by atoms with E-state index in [-0.39, 0.29) is 5.43 Å². The van der Waals surface area contributed by atoms with Crippen LogP contribution in [0.5, 0.6) is 0 Å². The van der Waals surface area contributed by atoms with Crippen LogP contribution in [-0.4, -0.2) is 10.9 Å². The van der Waals surface area contributed by atoms with Crippen molar-refractivity contribution in [2.75, 3.05) is 0 Å². The van der Waals surface area contributed by atoms with Crippen LogP contribution in [0.4, 0.5) is 0 Å². The largest absolute Gasteiger partial charge is 0.366 e. The van der Waals surface area contributed by atoms with E-state index >= 15 is 0 Å². The number of nitrogens with two attached hydrogens (primary N) is 1. The average Bonchev–Trinajstić information content (AvgIpc) is 2.29. The Morgan fingerprint density at radius 1 is 1.19 bits per heavy atom. The molecule has 1 aromatic heterocycles. The van der Waals surface area contributed by atoms with Crippen LogP contribution in [0.2, 0.25) is 0 Å². The molecule has 0 saturated carbocycles. The Balaban J connectivity index is 2.64. The van der Waals surface area contributed by atoms with Gasteiger partial charge in [0.25, 0.3) is 0 Å². The van der Waals surface area contributed by atoms with Crippen LogP contribution < -0.4 is 11.2 Å². The molecule has 3 N–H and O–H groups in total. The molecule has 80 valence electrons. The van der Waals surface area contributed by atoms with E-state index in [9.17, 15) is 9.59 Å². The van der Waals surface area contributed by atoms with Gasteiger partial charge in [0.1, 0.15) is 0 Å². The summed E-state index contributed by atoms with van der Waals surface area (Å²) in [6.45, 7) is 0. The Kier molecular flexibility index (Phi) is 2.55. The van der Waals surface area contributed by atoms with Crippen molar-refractivity contribution < 1.29 is 4.79 Å². The van der Waals surface area contributed by atoms with Gasteiger partial charge in [0, 0.05) is 29.5 Å². The van der Waals surface area contributed by atoms with Gasteiger partial charge in [-0.1, -0.05) is 18.2 Å². The van der Waals surface area contributed by atoms with E-state index in [0.29, 0.717) is 16.8 Å². The number of amides is 1. The van der Waals surface area contributed by atoms with Crippen LogP contribution in [0.3, 0.4) is 0 Å². The standard InChI is InChI=1S/C12H10N2O2/c13-12(16)10-4-2-1-3-9(10)11-7-8(15)5-6-14-11/h1-7H,(H2,13,16)(H,14,15). The summed E-state index contributed by atoms with van der Waals surface area (Å²) in [5.41, 5.74) is 6.75. The van der Waals surface area contributed by atoms with Crippen molar-refractivity contribution in [3.8, 4) is 11.3 Å². The number of aromatic amines is 1. The predicted octanol–water partition coefficient (Wildman–Crippen LogP) is 1.14. The second-order valence-electron chi connectivity index (χ2n) is 3.35. The maximum absolute atomic E-state index is 11.2. The maximum atomic E-state index is 11.2. The number of carbonyl (C=O) groups excluding carboxylic acids is 1. The second-order valence-corrected chi connectivity index (χ2v) is 3.35. The van der Waals surface area contributed by atoms with E-state index < -0.39 is 5.91 Å². The summed E-state index contributed by atoms with van der Waals surface area (Å²) in [7, 11) is 0. The Labute approximate surface area is 91.7 Å². The van der Waals surface area contributed by atoms with Gasteiger partial charge in [-0.2, -0.15) is 0 Å². The van der Waals surface area contributed by atoms with Crippen LogP contribution in [0.1, 0.15) is 10.4 Å². The van der Waals surface area contributed by atoms with Crippen molar-refractivity contribution in [3.05, 3.63) is 58.4 Å². The minimum absolute atomic E-state index is 0.118. The fourth-order valence-electron chi connectivity index (χ4n) is 1.53. The summed E-state index contributed by atoms with van der Waals surface area (Å²) in [6.07, 6.45) is 1.54. The van der Waals surface area contributed by atoms with Gasteiger partial charge in [0.05, 0.1) is 5.69 Å². The van der Waals surface area contributed by atoms with Crippen LogP contribution >= 0.6 is 0 Å². The zero-order chi connectivity index (χ0) is 11.5. The van der Waals surface area contributed by atoms with E-state index in [1.54, 1.807) is 24.3 Å². The SMILES string of the molecule is NC(=O)c1ccccc1-c1cc(=O)cc[nH]1. The summed E-state index contributed by atoms with van der Waals surface area (Å²) in [4.78, 5) is 25.3. The summed E-state index contributed by atoms with van der Waals surface area (Å²) in [6, 6.07) is 9.73. The number of hydrogen-bond donors (Lipinski definition) is 2. The molecule has 0 unspecified atom stereocenters. The molecule has 0 radical (unpaired) electrons. The maximum Gasteiger partial charge on any atom is 0.249 e. The molecular formula is C12H10N2O2. The first-order chi connectivity index (χ1) is 7.68. The summed E-state index contributed by atoms with van der Waals surface area (Å²) in [5, 5.41) is 0. The van der Waals surface area contributed by atoms with Gasteiger partial charge in [-0.25, -0.2) is 0 Å². The highest BCUT2D eigenvalue weighted by molar-refractivity contribution is 5.99. The summed E-state index contributed by atoms with van der Waals surface area (Å²) < 4.78 is 0. The topological polar surface area (TPSA) is 76.0 Å². The Hall–Kier alpha value is -2.36. The number of hydrogen-bond acceptors (Lipinski definition) is 2. The van der Waals surface area contributed by atoms with Crippen molar-refractivity contribution in [3.63, 3.8) is 0 Å². The van der Waals surface area contributed by atoms with E-state index in [1.165, 1.54) is 18.3 Å². The highest BCUT2D eigenvalue weighted by atomic mass is 16.1. The Morgan fingerprint density at radius 2 is 1.94 bits per heavy atom. The molecule has 1 heterocycles. The number of nitrogens with one attached hydrogen (secondary N) is 1. The average molecular weight is 214 g/mol. The third kappa shape index (κ3) is 1.86. The monoisotopic (exact) mass is 214 g/mol. The second kappa shape index (κ2) is 4.02. The van der Waals surface area contributed by atoms with E-state index in [4.69, 9.17) is 5.73 Å². The minimum atomic E-state index is -0.514. The summed E-state index contributed by atoms with van der Waals surface area (Å²) in [5.74, 6) is -0.514. The molecule has 0 spiro atoms. The first-order valence-corrected chi connectivity index (χ1v) is 4.76. The van der Waals surface area contributed by atoms with Crippen molar-refractivity contribution in [2.45, 2.75) is 0 Å². The highest BCUT2D eigenvalue weighted by Crippen LogP contribution is 2.19. The number of benzene rings is 1. The molecule has 1 aromatic carbocycles.